The van der Waals surface area contributed by atoms with Crippen LogP contribution in [0.3, 0.4) is 0 Å². The van der Waals surface area contributed by atoms with Crippen molar-refractivity contribution in [3.63, 3.8) is 0 Å². The highest BCUT2D eigenvalue weighted by atomic mass is 32.2. The molecule has 4 nitrogen and oxygen atoms in total. The third-order valence-corrected chi connectivity index (χ3v) is 4.71. The molecule has 5 heteroatoms. The Hall–Kier alpha value is -0.910. The molecule has 2 N–H and O–H groups in total. The van der Waals surface area contributed by atoms with E-state index in [9.17, 15) is 8.42 Å². The van der Waals surface area contributed by atoms with Gasteiger partial charge < -0.3 is 5.32 Å². The van der Waals surface area contributed by atoms with Gasteiger partial charge in [0.2, 0.25) is 10.0 Å². The van der Waals surface area contributed by atoms with Gasteiger partial charge in [-0.15, -0.1) is 0 Å². The Morgan fingerprint density at radius 3 is 2.43 bits per heavy atom. The third kappa shape index (κ3) is 5.77. The number of benzene rings is 1. The van der Waals surface area contributed by atoms with Gasteiger partial charge in [-0.3, -0.25) is 0 Å². The van der Waals surface area contributed by atoms with Crippen LogP contribution < -0.4 is 10.0 Å². The van der Waals surface area contributed by atoms with E-state index >= 15 is 0 Å². The molecule has 0 aliphatic heterocycles. The summed E-state index contributed by atoms with van der Waals surface area (Å²) in [5, 5.41) is 3.34. The lowest BCUT2D eigenvalue weighted by molar-refractivity contribution is 0.560. The summed E-state index contributed by atoms with van der Waals surface area (Å²) in [5.74, 6) is 0.292. The first-order chi connectivity index (χ1) is 9.90. The second kappa shape index (κ2) is 8.51. The molecule has 1 aromatic rings. The summed E-state index contributed by atoms with van der Waals surface area (Å²) in [6, 6.07) is 5.42. The molecule has 0 amide bonds. The van der Waals surface area contributed by atoms with Crippen molar-refractivity contribution in [3.05, 3.63) is 29.3 Å². The average molecular weight is 312 g/mol. The molecule has 0 heterocycles. The van der Waals surface area contributed by atoms with Crippen LogP contribution in [0.4, 0.5) is 0 Å². The highest BCUT2D eigenvalue weighted by Crippen LogP contribution is 2.17. The smallest absolute Gasteiger partial charge is 0.240 e. The van der Waals surface area contributed by atoms with Gasteiger partial charge in [0.25, 0.3) is 0 Å². The molecule has 0 aliphatic carbocycles. The second-order valence-electron chi connectivity index (χ2n) is 5.71. The van der Waals surface area contributed by atoms with E-state index in [0.29, 0.717) is 23.9 Å². The first-order valence-electron chi connectivity index (χ1n) is 7.72. The van der Waals surface area contributed by atoms with Gasteiger partial charge in [-0.1, -0.05) is 33.8 Å². The predicted molar refractivity (Wildman–Crippen MR) is 87.8 cm³/mol. The fourth-order valence-corrected chi connectivity index (χ4v) is 3.30. The summed E-state index contributed by atoms with van der Waals surface area (Å²) in [7, 11) is -3.41. The predicted octanol–water partition coefficient (Wildman–Crippen LogP) is 2.68. The van der Waals surface area contributed by atoms with E-state index in [0.717, 1.165) is 24.9 Å². The van der Waals surface area contributed by atoms with E-state index in [4.69, 9.17) is 0 Å². The topological polar surface area (TPSA) is 58.2 Å². The summed E-state index contributed by atoms with van der Waals surface area (Å²) in [6.45, 7) is 10.3. The molecule has 0 aromatic heterocycles. The lowest BCUT2D eigenvalue weighted by Crippen LogP contribution is -2.27. The summed E-state index contributed by atoms with van der Waals surface area (Å²) in [6.07, 6.45) is 1.97. The lowest BCUT2D eigenvalue weighted by atomic mass is 10.1. The second-order valence-corrected chi connectivity index (χ2v) is 7.47. The molecule has 21 heavy (non-hydrogen) atoms. The molecular formula is C16H28N2O2S. The Bertz CT molecular complexity index is 539. The van der Waals surface area contributed by atoms with Gasteiger partial charge in [0.1, 0.15) is 0 Å². The van der Waals surface area contributed by atoms with E-state index in [2.05, 4.69) is 23.9 Å². The van der Waals surface area contributed by atoms with Gasteiger partial charge in [0.15, 0.2) is 0 Å². The van der Waals surface area contributed by atoms with Crippen molar-refractivity contribution in [1.29, 1.82) is 0 Å². The van der Waals surface area contributed by atoms with Crippen molar-refractivity contribution >= 4 is 10.0 Å². The maximum absolute atomic E-state index is 12.3. The lowest BCUT2D eigenvalue weighted by Gasteiger charge is -2.13. The zero-order chi connectivity index (χ0) is 15.9. The molecule has 0 saturated heterocycles. The summed E-state index contributed by atoms with van der Waals surface area (Å²) in [4.78, 5) is 0.355. The maximum atomic E-state index is 12.3. The number of hydrogen-bond acceptors (Lipinski definition) is 3. The number of hydrogen-bond donors (Lipinski definition) is 2. The van der Waals surface area contributed by atoms with E-state index in [1.165, 1.54) is 5.56 Å². The number of sulfonamides is 1. The van der Waals surface area contributed by atoms with Crippen LogP contribution in [-0.2, 0) is 23.0 Å². The molecule has 0 spiro atoms. The van der Waals surface area contributed by atoms with Crippen molar-refractivity contribution in [3.8, 4) is 0 Å². The average Bonchev–Trinajstić information content (AvgIpc) is 2.45. The highest BCUT2D eigenvalue weighted by molar-refractivity contribution is 7.89. The van der Waals surface area contributed by atoms with Crippen molar-refractivity contribution in [1.82, 2.24) is 10.0 Å². The van der Waals surface area contributed by atoms with Crippen molar-refractivity contribution in [2.24, 2.45) is 5.92 Å². The van der Waals surface area contributed by atoms with Crippen LogP contribution in [0.2, 0.25) is 0 Å². The Balaban J connectivity index is 2.95. The Morgan fingerprint density at radius 1 is 1.14 bits per heavy atom. The number of rotatable bonds is 9. The molecule has 0 bridgehead atoms. The van der Waals surface area contributed by atoms with Crippen LogP contribution in [0, 0.1) is 5.92 Å². The SMILES string of the molecule is CCCNCc1cc(S(=O)(=O)NCC(C)C)ccc1CC. The van der Waals surface area contributed by atoms with Crippen molar-refractivity contribution in [2.45, 2.75) is 52.0 Å². The summed E-state index contributed by atoms with van der Waals surface area (Å²) >= 11 is 0. The van der Waals surface area contributed by atoms with Crippen LogP contribution >= 0.6 is 0 Å². The molecule has 1 rings (SSSR count). The van der Waals surface area contributed by atoms with Crippen molar-refractivity contribution in [2.75, 3.05) is 13.1 Å². The van der Waals surface area contributed by atoms with Gasteiger partial charge in [-0.25, -0.2) is 13.1 Å². The molecule has 1 aromatic carbocycles. The zero-order valence-corrected chi connectivity index (χ0v) is 14.4. The highest BCUT2D eigenvalue weighted by Gasteiger charge is 2.15. The molecule has 0 aliphatic rings. The van der Waals surface area contributed by atoms with Gasteiger partial charge in [0.05, 0.1) is 4.90 Å². The van der Waals surface area contributed by atoms with Crippen molar-refractivity contribution < 1.29 is 8.42 Å². The van der Waals surface area contributed by atoms with E-state index in [1.807, 2.05) is 19.9 Å². The Kier molecular flexibility index (Phi) is 7.35. The molecule has 0 radical (unpaired) electrons. The van der Waals surface area contributed by atoms with Gasteiger partial charge >= 0.3 is 0 Å². The van der Waals surface area contributed by atoms with Crippen LogP contribution in [0.1, 0.15) is 45.2 Å². The molecule has 0 unspecified atom stereocenters. The minimum atomic E-state index is -3.41. The molecular weight excluding hydrogens is 284 g/mol. The quantitative estimate of drug-likeness (QED) is 0.689. The summed E-state index contributed by atoms with van der Waals surface area (Å²) in [5.41, 5.74) is 2.26. The van der Waals surface area contributed by atoms with Crippen LogP contribution in [0.15, 0.2) is 23.1 Å². The van der Waals surface area contributed by atoms with Crippen LogP contribution in [-0.4, -0.2) is 21.5 Å². The first kappa shape index (κ1) is 18.1. The largest absolute Gasteiger partial charge is 0.313 e. The first-order valence-corrected chi connectivity index (χ1v) is 9.21. The minimum Gasteiger partial charge on any atom is -0.313 e. The Morgan fingerprint density at radius 2 is 1.86 bits per heavy atom. The Labute approximate surface area is 129 Å². The monoisotopic (exact) mass is 312 g/mol. The minimum absolute atomic E-state index is 0.292. The van der Waals surface area contributed by atoms with E-state index in [1.54, 1.807) is 12.1 Å². The fourth-order valence-electron chi connectivity index (χ4n) is 2.04. The number of nitrogens with one attached hydrogen (secondary N) is 2. The van der Waals surface area contributed by atoms with Gasteiger partial charge in [-0.05, 0) is 48.6 Å². The fraction of sp³-hybridized carbons (Fsp3) is 0.625. The standard InChI is InChI=1S/C16H28N2O2S/c1-5-9-17-12-15-10-16(8-7-14(15)6-2)21(19,20)18-11-13(3)4/h7-8,10,13,17-18H,5-6,9,11-12H2,1-4H3. The molecule has 0 atom stereocenters. The molecule has 120 valence electrons. The van der Waals surface area contributed by atoms with Gasteiger partial charge in [-0.2, -0.15) is 0 Å². The van der Waals surface area contributed by atoms with Gasteiger partial charge in [0, 0.05) is 13.1 Å². The third-order valence-electron chi connectivity index (χ3n) is 3.29. The zero-order valence-electron chi connectivity index (χ0n) is 13.6. The summed E-state index contributed by atoms with van der Waals surface area (Å²) < 4.78 is 27.2. The van der Waals surface area contributed by atoms with E-state index < -0.39 is 10.0 Å². The molecule has 0 fully saturated rings. The maximum Gasteiger partial charge on any atom is 0.240 e. The van der Waals surface area contributed by atoms with Crippen LogP contribution in [0.25, 0.3) is 0 Å². The van der Waals surface area contributed by atoms with E-state index in [-0.39, 0.29) is 0 Å². The number of aryl methyl sites for hydroxylation is 1. The van der Waals surface area contributed by atoms with Crippen LogP contribution in [0.5, 0.6) is 0 Å². The molecule has 0 saturated carbocycles. The normalized spacial score (nSPS) is 12.0.